The van der Waals surface area contributed by atoms with Crippen LogP contribution in [0.3, 0.4) is 0 Å². The van der Waals surface area contributed by atoms with E-state index in [1.807, 2.05) is 0 Å². The van der Waals surface area contributed by atoms with Gasteiger partial charge in [-0.1, -0.05) is 48.3 Å². The summed E-state index contributed by atoms with van der Waals surface area (Å²) in [7, 11) is 0. The van der Waals surface area contributed by atoms with E-state index < -0.39 is 0 Å². The maximum Gasteiger partial charge on any atom is 0.0692 e. The molecule has 2 unspecified atom stereocenters. The predicted molar refractivity (Wildman–Crippen MR) is 78.8 cm³/mol. The van der Waals surface area contributed by atoms with Crippen molar-refractivity contribution in [3.63, 3.8) is 0 Å². The second-order valence-corrected chi connectivity index (χ2v) is 7.04. The van der Waals surface area contributed by atoms with E-state index in [9.17, 15) is 0 Å². The van der Waals surface area contributed by atoms with Crippen LogP contribution in [0, 0.1) is 5.92 Å². The van der Waals surface area contributed by atoms with E-state index in [-0.39, 0.29) is 0 Å². The van der Waals surface area contributed by atoms with Gasteiger partial charge in [-0.3, -0.25) is 0 Å². The van der Waals surface area contributed by atoms with Gasteiger partial charge in [-0.15, -0.1) is 0 Å². The second-order valence-electron chi connectivity index (χ2n) is 5.44. The Hall–Kier alpha value is 0.650. The molecule has 1 aliphatic heterocycles. The summed E-state index contributed by atoms with van der Waals surface area (Å²) in [6.07, 6.45) is 11.1. The Morgan fingerprint density at radius 3 is 2.41 bits per heavy atom. The minimum absolute atomic E-state index is 0.513. The number of hydrogen-bond acceptors (Lipinski definition) is 2. The summed E-state index contributed by atoms with van der Waals surface area (Å²) in [6, 6.07) is 0. The van der Waals surface area contributed by atoms with Crippen molar-refractivity contribution < 1.29 is 9.47 Å². The maximum atomic E-state index is 6.21. The molecular weight excluding hydrogens is 327 g/mol. The van der Waals surface area contributed by atoms with Gasteiger partial charge < -0.3 is 9.47 Å². The smallest absolute Gasteiger partial charge is 0.0692 e. The van der Waals surface area contributed by atoms with Crippen LogP contribution in [0.4, 0.5) is 0 Å². The van der Waals surface area contributed by atoms with Gasteiger partial charge in [0.15, 0.2) is 0 Å². The molecule has 3 heteroatoms. The standard InChI is InChI=1S/C14H25IO2/c15-13-5-3-1-2-4-6-14(13)17-11-12-7-9-16-10-8-12/h12-14H,1-11H2. The highest BCUT2D eigenvalue weighted by atomic mass is 127. The second kappa shape index (κ2) is 7.95. The molecule has 100 valence electrons. The van der Waals surface area contributed by atoms with Gasteiger partial charge in [0.05, 0.1) is 6.10 Å². The highest BCUT2D eigenvalue weighted by molar-refractivity contribution is 14.1. The molecule has 2 aliphatic rings. The molecule has 2 nitrogen and oxygen atoms in total. The molecule has 1 heterocycles. The molecule has 0 bridgehead atoms. The normalized spacial score (nSPS) is 33.0. The van der Waals surface area contributed by atoms with E-state index in [1.54, 1.807) is 0 Å². The first-order valence-electron chi connectivity index (χ1n) is 7.19. The first-order chi connectivity index (χ1) is 8.36. The molecule has 1 saturated carbocycles. The summed E-state index contributed by atoms with van der Waals surface area (Å²) < 4.78 is 12.3. The van der Waals surface area contributed by atoms with Gasteiger partial charge in [0.25, 0.3) is 0 Å². The molecule has 1 saturated heterocycles. The van der Waals surface area contributed by atoms with Crippen molar-refractivity contribution in [1.29, 1.82) is 0 Å². The van der Waals surface area contributed by atoms with Crippen molar-refractivity contribution in [3.05, 3.63) is 0 Å². The highest BCUT2D eigenvalue weighted by Gasteiger charge is 2.23. The van der Waals surface area contributed by atoms with Crippen LogP contribution >= 0.6 is 22.6 Å². The Kier molecular flexibility index (Phi) is 6.58. The Balaban J connectivity index is 1.71. The fraction of sp³-hybridized carbons (Fsp3) is 1.00. The largest absolute Gasteiger partial charge is 0.381 e. The van der Waals surface area contributed by atoms with Crippen molar-refractivity contribution >= 4 is 22.6 Å². The number of rotatable bonds is 3. The zero-order valence-corrected chi connectivity index (χ0v) is 12.9. The van der Waals surface area contributed by atoms with Gasteiger partial charge in [0.1, 0.15) is 0 Å². The van der Waals surface area contributed by atoms with E-state index >= 15 is 0 Å². The van der Waals surface area contributed by atoms with Crippen molar-refractivity contribution in [3.8, 4) is 0 Å². The van der Waals surface area contributed by atoms with E-state index in [0.29, 0.717) is 6.10 Å². The lowest BCUT2D eigenvalue weighted by atomic mass is 9.97. The van der Waals surface area contributed by atoms with Crippen molar-refractivity contribution in [2.75, 3.05) is 19.8 Å². The van der Waals surface area contributed by atoms with Crippen molar-refractivity contribution in [2.45, 2.75) is 61.4 Å². The summed E-state index contributed by atoms with van der Waals surface area (Å²) in [5, 5.41) is 0. The Bertz CT molecular complexity index is 204. The molecule has 0 aromatic carbocycles. The Morgan fingerprint density at radius 2 is 1.65 bits per heavy atom. The van der Waals surface area contributed by atoms with Gasteiger partial charge in [0.2, 0.25) is 0 Å². The SMILES string of the molecule is IC1CCCCCCC1OCC1CCOCC1. The molecule has 2 rings (SSSR count). The third-order valence-electron chi connectivity index (χ3n) is 4.01. The van der Waals surface area contributed by atoms with Gasteiger partial charge in [0, 0.05) is 23.7 Å². The predicted octanol–water partition coefficient (Wildman–Crippen LogP) is 3.96. The topological polar surface area (TPSA) is 18.5 Å². The lowest BCUT2D eigenvalue weighted by Gasteiger charge is -2.29. The number of hydrogen-bond donors (Lipinski definition) is 0. The maximum absolute atomic E-state index is 6.21. The minimum atomic E-state index is 0.513. The zero-order chi connectivity index (χ0) is 11.9. The summed E-state index contributed by atoms with van der Waals surface area (Å²) in [5.41, 5.74) is 0. The third-order valence-corrected chi connectivity index (χ3v) is 5.43. The van der Waals surface area contributed by atoms with Crippen LogP contribution in [0.15, 0.2) is 0 Å². The first kappa shape index (κ1) is 14.1. The van der Waals surface area contributed by atoms with Crippen molar-refractivity contribution in [1.82, 2.24) is 0 Å². The fourth-order valence-electron chi connectivity index (χ4n) is 2.77. The summed E-state index contributed by atoms with van der Waals surface area (Å²) in [4.78, 5) is 0. The molecule has 0 amide bonds. The average Bonchev–Trinajstić information content (AvgIpc) is 2.35. The lowest BCUT2D eigenvalue weighted by Crippen LogP contribution is -2.29. The highest BCUT2D eigenvalue weighted by Crippen LogP contribution is 2.27. The van der Waals surface area contributed by atoms with Crippen LogP contribution in [0.2, 0.25) is 0 Å². The average molecular weight is 352 g/mol. The molecule has 2 atom stereocenters. The van der Waals surface area contributed by atoms with E-state index in [0.717, 1.165) is 29.7 Å². The number of ether oxygens (including phenoxy) is 2. The Labute approximate surface area is 119 Å². The summed E-state index contributed by atoms with van der Waals surface area (Å²) in [5.74, 6) is 0.748. The minimum Gasteiger partial charge on any atom is -0.381 e. The van der Waals surface area contributed by atoms with Gasteiger partial charge in [-0.05, 0) is 31.6 Å². The lowest BCUT2D eigenvalue weighted by molar-refractivity contribution is -0.0151. The van der Waals surface area contributed by atoms with Crippen LogP contribution in [0.5, 0.6) is 0 Å². The molecule has 2 fully saturated rings. The molecular formula is C14H25IO2. The Morgan fingerprint density at radius 1 is 0.941 bits per heavy atom. The van der Waals surface area contributed by atoms with Gasteiger partial charge in [-0.2, -0.15) is 0 Å². The summed E-state index contributed by atoms with van der Waals surface area (Å²) >= 11 is 2.61. The van der Waals surface area contributed by atoms with Gasteiger partial charge >= 0.3 is 0 Å². The molecule has 0 spiro atoms. The van der Waals surface area contributed by atoms with Gasteiger partial charge in [-0.25, -0.2) is 0 Å². The molecule has 17 heavy (non-hydrogen) atoms. The van der Waals surface area contributed by atoms with Crippen molar-refractivity contribution in [2.24, 2.45) is 5.92 Å². The number of halogens is 1. The van der Waals surface area contributed by atoms with E-state index in [1.165, 1.54) is 51.4 Å². The summed E-state index contributed by atoms with van der Waals surface area (Å²) in [6.45, 7) is 2.84. The molecule has 0 N–H and O–H groups in total. The molecule has 0 radical (unpaired) electrons. The molecule has 0 aromatic rings. The monoisotopic (exact) mass is 352 g/mol. The quantitative estimate of drug-likeness (QED) is 0.566. The molecule has 0 aromatic heterocycles. The fourth-order valence-corrected chi connectivity index (χ4v) is 3.77. The van der Waals surface area contributed by atoms with Crippen LogP contribution < -0.4 is 0 Å². The van der Waals surface area contributed by atoms with Crippen LogP contribution in [0.1, 0.15) is 51.4 Å². The van der Waals surface area contributed by atoms with Crippen LogP contribution in [0.25, 0.3) is 0 Å². The first-order valence-corrected chi connectivity index (χ1v) is 8.44. The number of alkyl halides is 1. The van der Waals surface area contributed by atoms with E-state index in [4.69, 9.17) is 9.47 Å². The zero-order valence-electron chi connectivity index (χ0n) is 10.7. The van der Waals surface area contributed by atoms with Crippen LogP contribution in [-0.2, 0) is 9.47 Å². The van der Waals surface area contributed by atoms with Crippen LogP contribution in [-0.4, -0.2) is 29.8 Å². The molecule has 1 aliphatic carbocycles. The van der Waals surface area contributed by atoms with E-state index in [2.05, 4.69) is 22.6 Å². The third kappa shape index (κ3) is 5.03.